The van der Waals surface area contributed by atoms with Gasteiger partial charge in [0.05, 0.1) is 25.9 Å². The van der Waals surface area contributed by atoms with Gasteiger partial charge in [0.1, 0.15) is 12.2 Å². The average molecular weight is 593 g/mol. The summed E-state index contributed by atoms with van der Waals surface area (Å²) in [6.45, 7) is 15.0. The van der Waals surface area contributed by atoms with Gasteiger partial charge in [-0.1, -0.05) is 46.3 Å². The maximum atomic E-state index is 12.8. The minimum absolute atomic E-state index is 0.0956. The molecule has 2 amide bonds. The minimum atomic E-state index is -0.931. The number of unbranched alkanes of at least 4 members (excludes halogenated alkanes) is 1. The fourth-order valence-corrected chi connectivity index (χ4v) is 4.52. The summed E-state index contributed by atoms with van der Waals surface area (Å²) in [5.74, 6) is 1.14. The van der Waals surface area contributed by atoms with Crippen LogP contribution in [0, 0.1) is 17.8 Å². The maximum absolute atomic E-state index is 12.8. The Kier molecular flexibility index (Phi) is 17.2. The van der Waals surface area contributed by atoms with Crippen molar-refractivity contribution in [2.24, 2.45) is 17.8 Å². The number of carbonyl (C=O) groups excluding carboxylic acids is 2. The molecule has 0 aliphatic carbocycles. The molecule has 1 aromatic rings. The van der Waals surface area contributed by atoms with E-state index in [9.17, 15) is 14.7 Å². The number of alkyl carbamates (subject to hydrolysis) is 1. The Morgan fingerprint density at radius 3 is 2.31 bits per heavy atom. The van der Waals surface area contributed by atoms with Crippen molar-refractivity contribution in [3.05, 3.63) is 35.9 Å². The second-order valence-electron chi connectivity index (χ2n) is 12.3. The summed E-state index contributed by atoms with van der Waals surface area (Å²) in [6, 6.07) is 5.29. The normalized spacial score (nSPS) is 14.7. The molecule has 0 radical (unpaired) electrons. The summed E-state index contributed by atoms with van der Waals surface area (Å²) in [6.07, 6.45) is 5.59. The van der Waals surface area contributed by atoms with E-state index in [0.29, 0.717) is 44.1 Å². The maximum Gasteiger partial charge on any atom is 0.407 e. The van der Waals surface area contributed by atoms with Gasteiger partial charge in [0, 0.05) is 19.6 Å². The molecule has 0 aromatic heterocycles. The van der Waals surface area contributed by atoms with Crippen LogP contribution in [-0.2, 0) is 20.7 Å². The van der Waals surface area contributed by atoms with E-state index in [1.807, 2.05) is 30.4 Å². The number of hydrogen-bond donors (Lipinski definition) is 3. The Hall–Kier alpha value is -2.78. The van der Waals surface area contributed by atoms with Crippen LogP contribution in [0.15, 0.2) is 30.4 Å². The van der Waals surface area contributed by atoms with Crippen molar-refractivity contribution >= 4 is 12.0 Å². The average Bonchev–Trinajstić information content (AvgIpc) is 2.91. The second-order valence-corrected chi connectivity index (χ2v) is 12.3. The van der Waals surface area contributed by atoms with Crippen LogP contribution in [0.5, 0.6) is 11.5 Å². The molecule has 0 bridgehead atoms. The summed E-state index contributed by atoms with van der Waals surface area (Å²) in [7, 11) is 3.25. The summed E-state index contributed by atoms with van der Waals surface area (Å²) in [5.41, 5.74) is 0.376. The SMILES string of the molecule is CCCCNC(=O)[C@H](C)C[C@H](O)[C@H](C[C@H](Cc1ccc(OC)c(OCC=CCOC)c1)C(C)C)NC(=O)OC(C)(C)C. The monoisotopic (exact) mass is 592 g/mol. The van der Waals surface area contributed by atoms with Crippen molar-refractivity contribution in [2.45, 2.75) is 98.3 Å². The predicted octanol–water partition coefficient (Wildman–Crippen LogP) is 5.68. The third-order valence-corrected chi connectivity index (χ3v) is 7.03. The lowest BCUT2D eigenvalue weighted by molar-refractivity contribution is -0.125. The summed E-state index contributed by atoms with van der Waals surface area (Å²) in [5, 5.41) is 17.2. The number of ether oxygens (including phenoxy) is 4. The van der Waals surface area contributed by atoms with E-state index in [2.05, 4.69) is 31.4 Å². The zero-order valence-corrected chi connectivity index (χ0v) is 27.3. The Morgan fingerprint density at radius 1 is 1.02 bits per heavy atom. The lowest BCUT2D eigenvalue weighted by Crippen LogP contribution is -2.48. The number of aliphatic hydroxyl groups is 1. The second kappa shape index (κ2) is 19.4. The van der Waals surface area contributed by atoms with E-state index in [1.165, 1.54) is 0 Å². The van der Waals surface area contributed by atoms with Crippen LogP contribution in [0.25, 0.3) is 0 Å². The van der Waals surface area contributed by atoms with Crippen molar-refractivity contribution in [2.75, 3.05) is 34.0 Å². The standard InChI is InChI=1S/C33H56N2O7/c1-10-11-16-34-31(37)24(4)19-28(36)27(35-32(38)42-33(5,6)7)22-26(23(2)3)20-25-14-15-29(40-9)30(21-25)41-18-13-12-17-39-8/h12-15,21,23-24,26-28,36H,10-11,16-20,22H2,1-9H3,(H,34,37)(H,35,38)/t24-,26+,27+,28+/m1/s1. The Labute approximate surface area is 253 Å². The number of nitrogens with one attached hydrogen (secondary N) is 2. The minimum Gasteiger partial charge on any atom is -0.493 e. The molecule has 4 atom stereocenters. The molecule has 0 aliphatic heterocycles. The Morgan fingerprint density at radius 2 is 1.71 bits per heavy atom. The van der Waals surface area contributed by atoms with Gasteiger partial charge in [-0.15, -0.1) is 0 Å². The number of aliphatic hydroxyl groups excluding tert-OH is 1. The van der Waals surface area contributed by atoms with Gasteiger partial charge in [0.25, 0.3) is 0 Å². The molecule has 0 unspecified atom stereocenters. The van der Waals surface area contributed by atoms with Gasteiger partial charge in [0.2, 0.25) is 5.91 Å². The first-order valence-electron chi connectivity index (χ1n) is 15.2. The zero-order chi connectivity index (χ0) is 31.7. The number of rotatable bonds is 19. The van der Waals surface area contributed by atoms with Gasteiger partial charge >= 0.3 is 6.09 Å². The summed E-state index contributed by atoms with van der Waals surface area (Å²) >= 11 is 0. The predicted molar refractivity (Wildman–Crippen MR) is 167 cm³/mol. The Bertz CT molecular complexity index is 958. The molecule has 0 saturated heterocycles. The molecule has 9 heteroatoms. The highest BCUT2D eigenvalue weighted by Crippen LogP contribution is 2.31. The molecular weight excluding hydrogens is 536 g/mol. The quantitative estimate of drug-likeness (QED) is 0.140. The molecule has 0 fully saturated rings. The van der Waals surface area contributed by atoms with Gasteiger partial charge in [-0.3, -0.25) is 4.79 Å². The number of benzene rings is 1. The number of carbonyl (C=O) groups is 2. The third kappa shape index (κ3) is 14.9. The van der Waals surface area contributed by atoms with Gasteiger partial charge in [-0.05, 0) is 82.1 Å². The van der Waals surface area contributed by atoms with Crippen molar-refractivity contribution < 1.29 is 33.6 Å². The van der Waals surface area contributed by atoms with Crippen LogP contribution in [0.3, 0.4) is 0 Å². The largest absolute Gasteiger partial charge is 0.493 e. The Balaban J connectivity index is 3.12. The van der Waals surface area contributed by atoms with Crippen molar-refractivity contribution in [3.63, 3.8) is 0 Å². The van der Waals surface area contributed by atoms with Crippen LogP contribution in [0.1, 0.15) is 79.7 Å². The van der Waals surface area contributed by atoms with E-state index < -0.39 is 29.8 Å². The molecule has 3 N–H and O–H groups in total. The summed E-state index contributed by atoms with van der Waals surface area (Å²) in [4.78, 5) is 25.4. The molecule has 240 valence electrons. The molecule has 1 aromatic carbocycles. The summed E-state index contributed by atoms with van der Waals surface area (Å²) < 4.78 is 22.0. The first kappa shape index (κ1) is 37.2. The zero-order valence-electron chi connectivity index (χ0n) is 27.3. The first-order valence-corrected chi connectivity index (χ1v) is 15.2. The molecule has 42 heavy (non-hydrogen) atoms. The lowest BCUT2D eigenvalue weighted by atomic mass is 9.82. The van der Waals surface area contributed by atoms with Gasteiger partial charge in [-0.2, -0.15) is 0 Å². The van der Waals surface area contributed by atoms with Crippen LogP contribution < -0.4 is 20.1 Å². The van der Waals surface area contributed by atoms with Crippen molar-refractivity contribution in [3.8, 4) is 11.5 Å². The van der Waals surface area contributed by atoms with Gasteiger partial charge < -0.3 is 34.7 Å². The highest BCUT2D eigenvalue weighted by atomic mass is 16.6. The van der Waals surface area contributed by atoms with Crippen LogP contribution >= 0.6 is 0 Å². The van der Waals surface area contributed by atoms with Crippen molar-refractivity contribution in [1.82, 2.24) is 10.6 Å². The van der Waals surface area contributed by atoms with E-state index in [1.54, 1.807) is 41.9 Å². The molecule has 9 nitrogen and oxygen atoms in total. The smallest absolute Gasteiger partial charge is 0.407 e. The number of hydrogen-bond acceptors (Lipinski definition) is 7. The first-order chi connectivity index (χ1) is 19.8. The van der Waals surface area contributed by atoms with E-state index >= 15 is 0 Å². The van der Waals surface area contributed by atoms with Crippen molar-refractivity contribution in [1.29, 1.82) is 0 Å². The molecule has 1 rings (SSSR count). The molecule has 0 heterocycles. The molecule has 0 spiro atoms. The number of methoxy groups -OCH3 is 2. The molecule has 0 aliphatic rings. The highest BCUT2D eigenvalue weighted by molar-refractivity contribution is 5.78. The molecular formula is C33H56N2O7. The highest BCUT2D eigenvalue weighted by Gasteiger charge is 2.31. The fraction of sp³-hybridized carbons (Fsp3) is 0.697. The fourth-order valence-electron chi connectivity index (χ4n) is 4.52. The van der Waals surface area contributed by atoms with Crippen LogP contribution in [-0.4, -0.2) is 68.8 Å². The third-order valence-electron chi connectivity index (χ3n) is 7.03. The topological polar surface area (TPSA) is 115 Å². The van der Waals surface area contributed by atoms with E-state index in [4.69, 9.17) is 18.9 Å². The van der Waals surface area contributed by atoms with E-state index in [-0.39, 0.29) is 24.2 Å². The van der Waals surface area contributed by atoms with Crippen LogP contribution in [0.4, 0.5) is 4.79 Å². The molecule has 0 saturated carbocycles. The van der Waals surface area contributed by atoms with Gasteiger partial charge in [-0.25, -0.2) is 4.79 Å². The lowest BCUT2D eigenvalue weighted by Gasteiger charge is -2.32. The van der Waals surface area contributed by atoms with Gasteiger partial charge in [0.15, 0.2) is 11.5 Å². The number of amides is 2. The van der Waals surface area contributed by atoms with Crippen LogP contribution in [0.2, 0.25) is 0 Å². The van der Waals surface area contributed by atoms with E-state index in [0.717, 1.165) is 18.4 Å².